The number of anilines is 1. The number of nitrogens with zero attached hydrogens (tertiary/aromatic N) is 6. The predicted molar refractivity (Wildman–Crippen MR) is 130 cm³/mol. The van der Waals surface area contributed by atoms with Crippen LogP contribution in [0.5, 0.6) is 0 Å². The molecular weight excluding hydrogens is 547 g/mol. The van der Waals surface area contributed by atoms with Crippen LogP contribution in [0.15, 0.2) is 52.7 Å². The number of thioether (sulfide) groups is 1. The molecule has 1 saturated heterocycles. The summed E-state index contributed by atoms with van der Waals surface area (Å²) in [6.07, 6.45) is 9.27. The number of alkyl halides is 1. The van der Waals surface area contributed by atoms with E-state index in [1.807, 2.05) is 33.1 Å². The van der Waals surface area contributed by atoms with E-state index < -0.39 is 41.8 Å². The van der Waals surface area contributed by atoms with Crippen LogP contribution in [0.1, 0.15) is 5.82 Å². The Balaban J connectivity index is 1.30. The fraction of sp³-hybridized carbons (Fsp3) is 0.250. The molecule has 2 aliphatic rings. The smallest absolute Gasteiger partial charge is 0.278 e. The van der Waals surface area contributed by atoms with Crippen molar-refractivity contribution < 1.29 is 33.1 Å². The largest absolute Gasteiger partial charge is 0.543 e. The van der Waals surface area contributed by atoms with Crippen molar-refractivity contribution >= 4 is 68.1 Å². The highest BCUT2D eigenvalue weighted by Crippen LogP contribution is 2.40. The lowest BCUT2D eigenvalue weighted by atomic mass is 10.0. The number of β-lactam (4-membered cyclic amide) rings is 1. The van der Waals surface area contributed by atoms with Crippen LogP contribution in [0.4, 0.5) is 9.52 Å². The topological polar surface area (TPSA) is 172 Å². The second-order valence-electron chi connectivity index (χ2n) is 7.65. The van der Waals surface area contributed by atoms with Crippen molar-refractivity contribution in [2.24, 2.45) is 5.16 Å². The van der Waals surface area contributed by atoms with Crippen molar-refractivity contribution in [1.82, 2.24) is 24.1 Å². The van der Waals surface area contributed by atoms with E-state index >= 15 is 0 Å². The van der Waals surface area contributed by atoms with Crippen molar-refractivity contribution in [3.8, 4) is 0 Å². The van der Waals surface area contributed by atoms with Crippen LogP contribution in [-0.2, 0) is 25.8 Å². The molecule has 2 amide bonds. The SMILES string of the molecule is Nc1nc(/C(=N/OCF)C(=O)N[C@@H]2C(=O)N3C(C(=O)[O-])=C(C=CCn4cc5scc[n+]5c4)CS[C@H]23)ns1. The number of imidazole rings is 1. The summed E-state index contributed by atoms with van der Waals surface area (Å²) in [5.41, 5.74) is 5.23. The number of carbonyl (C=O) groups excluding carboxylic acids is 3. The van der Waals surface area contributed by atoms with Gasteiger partial charge in [0.25, 0.3) is 18.7 Å². The second kappa shape index (κ2) is 10.3. The van der Waals surface area contributed by atoms with E-state index in [2.05, 4.69) is 24.7 Å². The molecule has 2 atom stereocenters. The number of hydrogen-bond acceptors (Lipinski definition) is 12. The molecule has 37 heavy (non-hydrogen) atoms. The van der Waals surface area contributed by atoms with Gasteiger partial charge >= 0.3 is 0 Å². The van der Waals surface area contributed by atoms with E-state index in [-0.39, 0.29) is 22.4 Å². The van der Waals surface area contributed by atoms with Crippen LogP contribution in [0.3, 0.4) is 0 Å². The van der Waals surface area contributed by atoms with Gasteiger partial charge in [-0.1, -0.05) is 22.6 Å². The molecule has 3 aromatic heterocycles. The van der Waals surface area contributed by atoms with E-state index in [1.165, 1.54) is 11.8 Å². The number of oxime groups is 1. The highest BCUT2D eigenvalue weighted by Gasteiger charge is 2.53. The van der Waals surface area contributed by atoms with Crippen molar-refractivity contribution in [3.63, 3.8) is 0 Å². The number of thiazole rings is 1. The van der Waals surface area contributed by atoms with Gasteiger partial charge in [-0.25, -0.2) is 8.96 Å². The summed E-state index contributed by atoms with van der Waals surface area (Å²) in [4.78, 5) is 48.0. The Morgan fingerprint density at radius 2 is 2.30 bits per heavy atom. The fourth-order valence-electron chi connectivity index (χ4n) is 3.82. The molecule has 0 unspecified atom stereocenters. The van der Waals surface area contributed by atoms with E-state index in [0.717, 1.165) is 21.3 Å². The molecule has 5 rings (SSSR count). The number of hydrogen-bond donors (Lipinski definition) is 2. The lowest BCUT2D eigenvalue weighted by molar-refractivity contribution is -0.507. The number of nitrogens with two attached hydrogens (primary N) is 1. The number of allylic oxidation sites excluding steroid dienone is 2. The van der Waals surface area contributed by atoms with Gasteiger partial charge in [0.15, 0.2) is 5.13 Å². The van der Waals surface area contributed by atoms with Gasteiger partial charge in [0.05, 0.1) is 11.7 Å². The summed E-state index contributed by atoms with van der Waals surface area (Å²) in [5.74, 6) is -2.97. The Morgan fingerprint density at radius 3 is 3.00 bits per heavy atom. The van der Waals surface area contributed by atoms with Gasteiger partial charge in [0.1, 0.15) is 30.4 Å². The van der Waals surface area contributed by atoms with Gasteiger partial charge in [-0.3, -0.25) is 14.5 Å². The van der Waals surface area contributed by atoms with Crippen LogP contribution in [0, 0.1) is 0 Å². The molecule has 0 bridgehead atoms. The number of carboxylic acids is 1. The molecule has 3 N–H and O–H groups in total. The molecule has 5 heterocycles. The molecular formula is C20H17FN8O5S3. The average Bonchev–Trinajstić information content (AvgIpc) is 3.59. The monoisotopic (exact) mass is 564 g/mol. The highest BCUT2D eigenvalue weighted by atomic mass is 32.2. The van der Waals surface area contributed by atoms with Gasteiger partial charge in [-0.2, -0.15) is 13.8 Å². The highest BCUT2D eigenvalue weighted by molar-refractivity contribution is 8.00. The molecule has 13 nitrogen and oxygen atoms in total. The fourth-order valence-corrected chi connectivity index (χ4v) is 6.33. The standard InChI is InChI=1S/C20H17FN8O5S3/c21-8-34-25-12(15-24-20(22)37-26-15)16(30)23-13-17(31)29-14(19(32)33)10(7-36-18(13)29)2-1-3-27-6-11-28(9-27)4-5-35-11/h1-2,4-6,9,13,18H,3,7-8H2,(H3-,22,23,24,26,30,32,33)/b2-1?,25-12-/t13-,18-/m1/s1. The minimum absolute atomic E-state index is 0.0455. The molecule has 0 aliphatic carbocycles. The molecule has 17 heteroatoms. The molecule has 2 aliphatic heterocycles. The van der Waals surface area contributed by atoms with Crippen molar-refractivity contribution in [3.05, 3.63) is 53.3 Å². The van der Waals surface area contributed by atoms with Gasteiger partial charge in [-0.05, 0) is 11.6 Å². The Labute approximate surface area is 219 Å². The van der Waals surface area contributed by atoms with E-state index in [1.54, 1.807) is 23.5 Å². The number of rotatable bonds is 9. The van der Waals surface area contributed by atoms with E-state index in [0.29, 0.717) is 12.1 Å². The second-order valence-corrected chi connectivity index (χ2v) is 10.5. The number of carbonyl (C=O) groups is 3. The zero-order valence-corrected chi connectivity index (χ0v) is 21.1. The first-order valence-corrected chi connectivity index (χ1v) is 13.2. The first-order valence-electron chi connectivity index (χ1n) is 10.5. The molecule has 0 aromatic carbocycles. The van der Waals surface area contributed by atoms with Crippen LogP contribution in [-0.4, -0.2) is 66.3 Å². The number of nitrogen functional groups attached to an aromatic ring is 1. The van der Waals surface area contributed by atoms with Crippen LogP contribution in [0.25, 0.3) is 4.83 Å². The third kappa shape index (κ3) is 4.79. The number of aliphatic carboxylic acids is 1. The first kappa shape index (κ1) is 24.8. The average molecular weight is 565 g/mol. The quantitative estimate of drug-likeness (QED) is 0.144. The van der Waals surface area contributed by atoms with Crippen molar-refractivity contribution in [1.29, 1.82) is 0 Å². The summed E-state index contributed by atoms with van der Waals surface area (Å²) in [7, 11) is 0. The molecule has 1 fully saturated rings. The summed E-state index contributed by atoms with van der Waals surface area (Å²) in [6.45, 7) is -0.806. The summed E-state index contributed by atoms with van der Waals surface area (Å²) < 4.78 is 20.2. The zero-order valence-electron chi connectivity index (χ0n) is 18.6. The Hall–Kier alpha value is -3.83. The van der Waals surface area contributed by atoms with Gasteiger partial charge in [0, 0.05) is 22.7 Å². The number of fused-ring (bicyclic) bond motifs is 2. The maximum atomic E-state index is 12.9. The Morgan fingerprint density at radius 1 is 1.46 bits per heavy atom. The molecule has 0 spiro atoms. The molecule has 192 valence electrons. The lowest BCUT2D eigenvalue weighted by Gasteiger charge is -2.50. The summed E-state index contributed by atoms with van der Waals surface area (Å²) >= 11 is 3.66. The minimum Gasteiger partial charge on any atom is -0.543 e. The van der Waals surface area contributed by atoms with Gasteiger partial charge in [-0.15, -0.1) is 11.8 Å². The van der Waals surface area contributed by atoms with Crippen molar-refractivity contribution in [2.45, 2.75) is 18.0 Å². The number of halogens is 1. The summed E-state index contributed by atoms with van der Waals surface area (Å²) in [5, 5.41) is 19.1. The zero-order chi connectivity index (χ0) is 26.1. The van der Waals surface area contributed by atoms with Crippen LogP contribution < -0.4 is 20.6 Å². The van der Waals surface area contributed by atoms with Crippen LogP contribution in [0.2, 0.25) is 0 Å². The third-order valence-electron chi connectivity index (χ3n) is 5.40. The van der Waals surface area contributed by atoms with E-state index in [4.69, 9.17) is 5.73 Å². The molecule has 0 saturated carbocycles. The minimum atomic E-state index is -1.50. The Bertz CT molecular complexity index is 1450. The number of aromatic nitrogens is 4. The van der Waals surface area contributed by atoms with Gasteiger partial charge < -0.3 is 25.8 Å². The van der Waals surface area contributed by atoms with Crippen molar-refractivity contribution in [2.75, 3.05) is 18.3 Å². The Kier molecular flexibility index (Phi) is 6.90. The predicted octanol–water partition coefficient (Wildman–Crippen LogP) is -0.970. The number of carboxylic acid groups (broad SMARTS) is 1. The third-order valence-corrected chi connectivity index (χ3v) is 8.06. The number of nitrogens with one attached hydrogen (secondary N) is 1. The van der Waals surface area contributed by atoms with Gasteiger partial charge in [0.2, 0.25) is 22.7 Å². The van der Waals surface area contributed by atoms with E-state index in [9.17, 15) is 23.9 Å². The normalized spacial score (nSPS) is 19.9. The summed E-state index contributed by atoms with van der Waals surface area (Å²) in [6, 6.07) is -1.06. The molecule has 3 aromatic rings. The molecule has 0 radical (unpaired) electrons. The number of amides is 2. The first-order chi connectivity index (χ1) is 17.9. The maximum Gasteiger partial charge on any atom is 0.278 e. The lowest BCUT2D eigenvalue weighted by Crippen LogP contribution is -2.71. The van der Waals surface area contributed by atoms with Crippen LogP contribution >= 0.6 is 34.6 Å². The maximum absolute atomic E-state index is 12.9.